The lowest BCUT2D eigenvalue weighted by Crippen LogP contribution is -2.38. The van der Waals surface area contributed by atoms with Crippen LogP contribution in [-0.2, 0) is 13.1 Å². The Morgan fingerprint density at radius 1 is 1.29 bits per heavy atom. The lowest BCUT2D eigenvalue weighted by Gasteiger charge is -2.35. The molecule has 0 aliphatic carbocycles. The third-order valence-corrected chi connectivity index (χ3v) is 4.54. The van der Waals surface area contributed by atoms with Gasteiger partial charge < -0.3 is 9.73 Å². The van der Waals surface area contributed by atoms with E-state index in [0.717, 1.165) is 37.2 Å². The van der Waals surface area contributed by atoms with E-state index in [-0.39, 0.29) is 0 Å². The number of nitrogens with zero attached hydrogens (tertiary/aromatic N) is 1. The van der Waals surface area contributed by atoms with Crippen molar-refractivity contribution in [3.63, 3.8) is 0 Å². The van der Waals surface area contributed by atoms with Crippen LogP contribution in [0.5, 0.6) is 0 Å². The molecule has 1 aliphatic rings. The molecule has 1 fully saturated rings. The normalized spacial score (nSPS) is 20.0. The van der Waals surface area contributed by atoms with E-state index in [0.29, 0.717) is 0 Å². The van der Waals surface area contributed by atoms with Crippen molar-refractivity contribution in [1.29, 1.82) is 0 Å². The summed E-state index contributed by atoms with van der Waals surface area (Å²) in [6.45, 7) is 10.8. The Hall–Kier alpha value is -0.800. The van der Waals surface area contributed by atoms with Crippen LogP contribution in [0.1, 0.15) is 69.5 Å². The van der Waals surface area contributed by atoms with Gasteiger partial charge in [0, 0.05) is 18.2 Å². The van der Waals surface area contributed by atoms with Crippen LogP contribution in [0.2, 0.25) is 0 Å². The Bertz CT molecular complexity index is 411. The molecule has 1 saturated heterocycles. The Kier molecular flexibility index (Phi) is 6.78. The molecular weight excluding hydrogens is 260 g/mol. The second-order valence-corrected chi connectivity index (χ2v) is 6.38. The molecule has 2 rings (SSSR count). The maximum absolute atomic E-state index is 5.91. The molecule has 1 atom stereocenters. The monoisotopic (exact) mass is 292 g/mol. The molecule has 0 aromatic carbocycles. The molecule has 0 amide bonds. The SMILES string of the molecule is CCCNCc1cc(CN2CCCCC2CCC)c(C)o1. The van der Waals surface area contributed by atoms with E-state index < -0.39 is 0 Å². The first kappa shape index (κ1) is 16.6. The van der Waals surface area contributed by atoms with Gasteiger partial charge in [-0.1, -0.05) is 26.7 Å². The van der Waals surface area contributed by atoms with Crippen molar-refractivity contribution in [2.24, 2.45) is 0 Å². The minimum Gasteiger partial charge on any atom is -0.465 e. The molecule has 21 heavy (non-hydrogen) atoms. The standard InChI is InChI=1S/C18H32N2O/c1-4-8-17-9-6-7-11-20(17)14-16-12-18(21-15(16)3)13-19-10-5-2/h12,17,19H,4-11,13-14H2,1-3H3. The maximum atomic E-state index is 5.91. The molecule has 0 saturated carbocycles. The maximum Gasteiger partial charge on any atom is 0.118 e. The Labute approximate surface area is 130 Å². The van der Waals surface area contributed by atoms with E-state index in [1.165, 1.54) is 50.6 Å². The van der Waals surface area contributed by atoms with E-state index in [1.54, 1.807) is 0 Å². The average molecular weight is 292 g/mol. The molecule has 0 radical (unpaired) electrons. The topological polar surface area (TPSA) is 28.4 Å². The zero-order valence-electron chi connectivity index (χ0n) is 14.1. The van der Waals surface area contributed by atoms with Crippen molar-refractivity contribution < 1.29 is 4.42 Å². The first-order valence-corrected chi connectivity index (χ1v) is 8.77. The lowest BCUT2D eigenvalue weighted by molar-refractivity contribution is 0.131. The summed E-state index contributed by atoms with van der Waals surface area (Å²) in [7, 11) is 0. The van der Waals surface area contributed by atoms with Gasteiger partial charge in [0.2, 0.25) is 0 Å². The van der Waals surface area contributed by atoms with Gasteiger partial charge in [0.1, 0.15) is 11.5 Å². The summed E-state index contributed by atoms with van der Waals surface area (Å²) in [4.78, 5) is 2.67. The quantitative estimate of drug-likeness (QED) is 0.726. The first-order chi connectivity index (χ1) is 10.2. The van der Waals surface area contributed by atoms with Crippen molar-refractivity contribution in [3.8, 4) is 0 Å². The fraction of sp³-hybridized carbons (Fsp3) is 0.778. The summed E-state index contributed by atoms with van der Waals surface area (Å²) in [5.74, 6) is 2.18. The molecular formula is C18H32N2O. The highest BCUT2D eigenvalue weighted by atomic mass is 16.3. The Balaban J connectivity index is 1.94. The van der Waals surface area contributed by atoms with Crippen molar-refractivity contribution in [2.75, 3.05) is 13.1 Å². The van der Waals surface area contributed by atoms with Crippen LogP contribution in [-0.4, -0.2) is 24.0 Å². The molecule has 1 aromatic heterocycles. The van der Waals surface area contributed by atoms with Crippen molar-refractivity contribution >= 4 is 0 Å². The number of nitrogens with one attached hydrogen (secondary N) is 1. The smallest absolute Gasteiger partial charge is 0.118 e. The summed E-state index contributed by atoms with van der Waals surface area (Å²) in [6.07, 6.45) is 7.91. The number of likely N-dealkylation sites (tertiary alicyclic amines) is 1. The van der Waals surface area contributed by atoms with Crippen LogP contribution in [0.25, 0.3) is 0 Å². The highest BCUT2D eigenvalue weighted by molar-refractivity contribution is 5.21. The van der Waals surface area contributed by atoms with Gasteiger partial charge in [0.05, 0.1) is 6.54 Å². The predicted molar refractivity (Wildman–Crippen MR) is 88.4 cm³/mol. The van der Waals surface area contributed by atoms with E-state index in [1.807, 2.05) is 0 Å². The van der Waals surface area contributed by atoms with Crippen LogP contribution >= 0.6 is 0 Å². The minimum atomic E-state index is 0.778. The summed E-state index contributed by atoms with van der Waals surface area (Å²) < 4.78 is 5.91. The van der Waals surface area contributed by atoms with E-state index in [4.69, 9.17) is 4.42 Å². The van der Waals surface area contributed by atoms with E-state index >= 15 is 0 Å². The van der Waals surface area contributed by atoms with Crippen LogP contribution in [0, 0.1) is 6.92 Å². The van der Waals surface area contributed by atoms with Gasteiger partial charge in [-0.05, 0) is 51.8 Å². The van der Waals surface area contributed by atoms with Gasteiger partial charge in [-0.15, -0.1) is 0 Å². The van der Waals surface area contributed by atoms with Crippen LogP contribution < -0.4 is 5.32 Å². The van der Waals surface area contributed by atoms with Crippen LogP contribution in [0.3, 0.4) is 0 Å². The molecule has 1 aliphatic heterocycles. The predicted octanol–water partition coefficient (Wildman–Crippen LogP) is 4.24. The number of furan rings is 1. The molecule has 0 spiro atoms. The minimum absolute atomic E-state index is 0.778. The fourth-order valence-electron chi connectivity index (χ4n) is 3.37. The highest BCUT2D eigenvalue weighted by Gasteiger charge is 2.22. The molecule has 120 valence electrons. The number of rotatable bonds is 8. The third kappa shape index (κ3) is 4.86. The zero-order chi connectivity index (χ0) is 15.1. The number of piperidine rings is 1. The van der Waals surface area contributed by atoms with Crippen molar-refractivity contribution in [3.05, 3.63) is 23.2 Å². The lowest BCUT2D eigenvalue weighted by atomic mass is 9.97. The molecule has 3 nitrogen and oxygen atoms in total. The average Bonchev–Trinajstić information content (AvgIpc) is 2.82. The Morgan fingerprint density at radius 2 is 2.14 bits per heavy atom. The molecule has 2 heterocycles. The van der Waals surface area contributed by atoms with Gasteiger partial charge in [0.25, 0.3) is 0 Å². The first-order valence-electron chi connectivity index (χ1n) is 8.77. The van der Waals surface area contributed by atoms with Gasteiger partial charge in [-0.25, -0.2) is 0 Å². The zero-order valence-corrected chi connectivity index (χ0v) is 14.1. The molecule has 3 heteroatoms. The van der Waals surface area contributed by atoms with Crippen LogP contribution in [0.15, 0.2) is 10.5 Å². The van der Waals surface area contributed by atoms with Gasteiger partial charge in [-0.3, -0.25) is 4.90 Å². The second kappa shape index (κ2) is 8.60. The Morgan fingerprint density at radius 3 is 2.90 bits per heavy atom. The van der Waals surface area contributed by atoms with Crippen molar-refractivity contribution in [1.82, 2.24) is 10.2 Å². The second-order valence-electron chi connectivity index (χ2n) is 6.38. The summed E-state index contributed by atoms with van der Waals surface area (Å²) in [5.41, 5.74) is 1.38. The molecule has 0 bridgehead atoms. The third-order valence-electron chi connectivity index (χ3n) is 4.54. The number of hydrogen-bond donors (Lipinski definition) is 1. The van der Waals surface area contributed by atoms with Crippen LogP contribution in [0.4, 0.5) is 0 Å². The van der Waals surface area contributed by atoms with Crippen molar-refractivity contribution in [2.45, 2.75) is 78.4 Å². The molecule has 1 N–H and O–H groups in total. The van der Waals surface area contributed by atoms with E-state index in [9.17, 15) is 0 Å². The molecule has 1 unspecified atom stereocenters. The largest absolute Gasteiger partial charge is 0.465 e. The molecule has 1 aromatic rings. The van der Waals surface area contributed by atoms with Gasteiger partial charge in [-0.2, -0.15) is 0 Å². The number of hydrogen-bond acceptors (Lipinski definition) is 3. The van der Waals surface area contributed by atoms with Gasteiger partial charge in [0.15, 0.2) is 0 Å². The van der Waals surface area contributed by atoms with Gasteiger partial charge >= 0.3 is 0 Å². The van der Waals surface area contributed by atoms with E-state index in [2.05, 4.69) is 37.1 Å². The summed E-state index contributed by atoms with van der Waals surface area (Å²) >= 11 is 0. The highest BCUT2D eigenvalue weighted by Crippen LogP contribution is 2.25. The summed E-state index contributed by atoms with van der Waals surface area (Å²) in [6, 6.07) is 3.04. The fourth-order valence-corrected chi connectivity index (χ4v) is 3.37. The number of aryl methyl sites for hydroxylation is 1. The summed E-state index contributed by atoms with van der Waals surface area (Å²) in [5, 5.41) is 3.42.